The SMILES string of the molecule is Cl.O=C(Cc1ccc(Cl)c(Cl)c1)N1CCc2occc2C1CN1CCC(O)C1. The van der Waals surface area contributed by atoms with E-state index in [0.717, 1.165) is 29.9 Å². The standard InChI is InChI=1S/C20H22Cl2N2O3.ClH/c21-16-2-1-13(9-17(16)22)10-20(26)24-7-4-19-15(5-8-27-19)18(24)12-23-6-3-14(25)11-23;/h1-2,5,8-9,14,18,25H,3-4,6-7,10-12H2;1H. The van der Waals surface area contributed by atoms with Crippen LogP contribution in [0.15, 0.2) is 34.9 Å². The van der Waals surface area contributed by atoms with Gasteiger partial charge in [0.05, 0.1) is 34.9 Å². The third-order valence-electron chi connectivity index (χ3n) is 5.43. The predicted octanol–water partition coefficient (Wildman–Crippen LogP) is 3.74. The summed E-state index contributed by atoms with van der Waals surface area (Å²) in [6.07, 6.45) is 3.20. The lowest BCUT2D eigenvalue weighted by Crippen LogP contribution is -2.45. The number of hydrogen-bond acceptors (Lipinski definition) is 4. The van der Waals surface area contributed by atoms with Crippen LogP contribution in [0.3, 0.4) is 0 Å². The largest absolute Gasteiger partial charge is 0.469 e. The van der Waals surface area contributed by atoms with Crippen LogP contribution in [0.1, 0.15) is 29.3 Å². The van der Waals surface area contributed by atoms with Gasteiger partial charge in [-0.2, -0.15) is 0 Å². The molecule has 0 saturated carbocycles. The van der Waals surface area contributed by atoms with E-state index in [9.17, 15) is 9.90 Å². The average molecular weight is 446 g/mol. The Morgan fingerprint density at radius 1 is 1.21 bits per heavy atom. The number of furan rings is 1. The van der Waals surface area contributed by atoms with E-state index in [-0.39, 0.29) is 36.9 Å². The maximum absolute atomic E-state index is 13.1. The van der Waals surface area contributed by atoms with Crippen LogP contribution in [0.25, 0.3) is 0 Å². The summed E-state index contributed by atoms with van der Waals surface area (Å²) in [6, 6.07) is 7.21. The van der Waals surface area contributed by atoms with Crippen molar-refractivity contribution in [1.82, 2.24) is 9.80 Å². The van der Waals surface area contributed by atoms with E-state index in [1.807, 2.05) is 17.0 Å². The van der Waals surface area contributed by atoms with E-state index >= 15 is 0 Å². The van der Waals surface area contributed by atoms with Crippen molar-refractivity contribution in [3.8, 4) is 0 Å². The second-order valence-electron chi connectivity index (χ2n) is 7.28. The van der Waals surface area contributed by atoms with Crippen molar-refractivity contribution >= 4 is 41.5 Å². The van der Waals surface area contributed by atoms with E-state index in [1.165, 1.54) is 0 Å². The first-order valence-corrected chi connectivity index (χ1v) is 9.97. The number of nitrogens with zero attached hydrogens (tertiary/aromatic N) is 2. The summed E-state index contributed by atoms with van der Waals surface area (Å²) >= 11 is 12.1. The smallest absolute Gasteiger partial charge is 0.227 e. The Labute approximate surface area is 180 Å². The summed E-state index contributed by atoms with van der Waals surface area (Å²) in [5.74, 6) is 1.02. The summed E-state index contributed by atoms with van der Waals surface area (Å²) in [5.41, 5.74) is 1.92. The van der Waals surface area contributed by atoms with Crippen molar-refractivity contribution in [2.75, 3.05) is 26.2 Å². The predicted molar refractivity (Wildman–Crippen MR) is 111 cm³/mol. The second-order valence-corrected chi connectivity index (χ2v) is 8.09. The first-order chi connectivity index (χ1) is 13.0. The van der Waals surface area contributed by atoms with E-state index in [2.05, 4.69) is 4.90 Å². The van der Waals surface area contributed by atoms with Gasteiger partial charge in [0.25, 0.3) is 0 Å². The number of aliphatic hydroxyl groups is 1. The number of aliphatic hydroxyl groups excluding tert-OH is 1. The molecule has 2 aliphatic rings. The number of carbonyl (C=O) groups is 1. The second kappa shape index (κ2) is 9.06. The minimum Gasteiger partial charge on any atom is -0.469 e. The van der Waals surface area contributed by atoms with Crippen LogP contribution >= 0.6 is 35.6 Å². The normalized spacial score (nSPS) is 22.0. The van der Waals surface area contributed by atoms with Gasteiger partial charge in [-0.3, -0.25) is 9.69 Å². The topological polar surface area (TPSA) is 56.9 Å². The van der Waals surface area contributed by atoms with Gasteiger partial charge in [0.15, 0.2) is 0 Å². The Bertz CT molecular complexity index is 842. The average Bonchev–Trinajstić information content (AvgIpc) is 3.27. The molecule has 5 nitrogen and oxygen atoms in total. The van der Waals surface area contributed by atoms with Crippen LogP contribution in [0, 0.1) is 0 Å². The number of β-amino-alcohol motifs (C(OH)–C–C–N with tert-alkyl or cyclic N) is 1. The molecule has 0 bridgehead atoms. The van der Waals surface area contributed by atoms with Gasteiger partial charge >= 0.3 is 0 Å². The molecule has 2 unspecified atom stereocenters. The van der Waals surface area contributed by atoms with E-state index in [4.69, 9.17) is 27.6 Å². The minimum atomic E-state index is -0.280. The maximum Gasteiger partial charge on any atom is 0.227 e. The number of halogens is 3. The number of rotatable bonds is 4. The highest BCUT2D eigenvalue weighted by molar-refractivity contribution is 6.42. The first kappa shape index (κ1) is 21.5. The monoisotopic (exact) mass is 444 g/mol. The number of benzene rings is 1. The highest BCUT2D eigenvalue weighted by Gasteiger charge is 2.35. The van der Waals surface area contributed by atoms with E-state index in [1.54, 1.807) is 18.4 Å². The summed E-state index contributed by atoms with van der Waals surface area (Å²) in [5, 5.41) is 10.8. The Balaban J connectivity index is 0.00000225. The van der Waals surface area contributed by atoms with Gasteiger partial charge in [-0.05, 0) is 30.2 Å². The fraction of sp³-hybridized carbons (Fsp3) is 0.450. The molecular formula is C20H23Cl3N2O3. The molecule has 4 rings (SSSR count). The number of fused-ring (bicyclic) bond motifs is 1. The zero-order chi connectivity index (χ0) is 19.0. The Morgan fingerprint density at radius 2 is 2.04 bits per heavy atom. The third-order valence-corrected chi connectivity index (χ3v) is 6.17. The van der Waals surface area contributed by atoms with Crippen LogP contribution in [-0.4, -0.2) is 53.1 Å². The van der Waals surface area contributed by atoms with Gasteiger partial charge in [0.2, 0.25) is 5.91 Å². The Hall–Kier alpha value is -1.24. The van der Waals surface area contributed by atoms with Crippen molar-refractivity contribution in [2.24, 2.45) is 0 Å². The molecule has 1 N–H and O–H groups in total. The molecule has 2 aromatic rings. The van der Waals surface area contributed by atoms with Crippen LogP contribution in [0.2, 0.25) is 10.0 Å². The van der Waals surface area contributed by atoms with Crippen molar-refractivity contribution < 1.29 is 14.3 Å². The first-order valence-electron chi connectivity index (χ1n) is 9.21. The van der Waals surface area contributed by atoms with Crippen LogP contribution in [0.4, 0.5) is 0 Å². The number of hydrogen-bond donors (Lipinski definition) is 1. The molecule has 1 fully saturated rings. The van der Waals surface area contributed by atoms with Crippen LogP contribution < -0.4 is 0 Å². The van der Waals surface area contributed by atoms with Gasteiger partial charge in [-0.15, -0.1) is 12.4 Å². The lowest BCUT2D eigenvalue weighted by molar-refractivity contribution is -0.134. The fourth-order valence-corrected chi connectivity index (χ4v) is 4.36. The van der Waals surface area contributed by atoms with Gasteiger partial charge in [-0.25, -0.2) is 0 Å². The molecule has 0 radical (unpaired) electrons. The van der Waals surface area contributed by atoms with Crippen LogP contribution in [-0.2, 0) is 17.6 Å². The fourth-order valence-electron chi connectivity index (χ4n) is 4.04. The molecule has 152 valence electrons. The van der Waals surface area contributed by atoms with Gasteiger partial charge in [0.1, 0.15) is 5.76 Å². The van der Waals surface area contributed by atoms with E-state index < -0.39 is 0 Å². The minimum absolute atomic E-state index is 0. The summed E-state index contributed by atoms with van der Waals surface area (Å²) in [7, 11) is 0. The molecule has 3 heterocycles. The highest BCUT2D eigenvalue weighted by Crippen LogP contribution is 2.33. The molecule has 1 aromatic carbocycles. The molecule has 1 saturated heterocycles. The number of amides is 1. The molecule has 28 heavy (non-hydrogen) atoms. The lowest BCUT2D eigenvalue weighted by atomic mass is 9.97. The Kier molecular flexibility index (Phi) is 6.94. The number of likely N-dealkylation sites (tertiary alicyclic amines) is 1. The van der Waals surface area contributed by atoms with Gasteiger partial charge < -0.3 is 14.4 Å². The molecule has 2 atom stereocenters. The maximum atomic E-state index is 13.1. The summed E-state index contributed by atoms with van der Waals surface area (Å²) in [4.78, 5) is 17.2. The summed E-state index contributed by atoms with van der Waals surface area (Å²) in [6.45, 7) is 2.83. The lowest BCUT2D eigenvalue weighted by Gasteiger charge is -2.37. The number of carbonyl (C=O) groups excluding carboxylic acids is 1. The van der Waals surface area contributed by atoms with E-state index in [0.29, 0.717) is 36.1 Å². The molecular weight excluding hydrogens is 423 g/mol. The molecule has 8 heteroatoms. The molecule has 2 aliphatic heterocycles. The molecule has 0 spiro atoms. The van der Waals surface area contributed by atoms with Crippen molar-refractivity contribution in [1.29, 1.82) is 0 Å². The zero-order valence-corrected chi connectivity index (χ0v) is 17.6. The van der Waals surface area contributed by atoms with Crippen LogP contribution in [0.5, 0.6) is 0 Å². The zero-order valence-electron chi connectivity index (χ0n) is 15.3. The summed E-state index contributed by atoms with van der Waals surface area (Å²) < 4.78 is 5.61. The quantitative estimate of drug-likeness (QED) is 0.779. The third kappa shape index (κ3) is 4.50. The highest BCUT2D eigenvalue weighted by atomic mass is 35.5. The molecule has 1 aromatic heterocycles. The molecule has 1 amide bonds. The van der Waals surface area contributed by atoms with Gasteiger partial charge in [0, 0.05) is 38.2 Å². The molecule has 0 aliphatic carbocycles. The van der Waals surface area contributed by atoms with Crippen molar-refractivity contribution in [3.63, 3.8) is 0 Å². The van der Waals surface area contributed by atoms with Gasteiger partial charge in [-0.1, -0.05) is 29.3 Å². The Morgan fingerprint density at radius 3 is 2.75 bits per heavy atom. The van der Waals surface area contributed by atoms with Crippen molar-refractivity contribution in [2.45, 2.75) is 31.4 Å². The van der Waals surface area contributed by atoms with Crippen molar-refractivity contribution in [3.05, 3.63) is 57.5 Å².